The number of nitrogens with two attached hydrogens (primary N) is 1. The maximum absolute atomic E-state index is 5.64. The normalized spacial score (nSPS) is 21.2. The maximum atomic E-state index is 5.64. The van der Waals surface area contributed by atoms with Crippen molar-refractivity contribution < 1.29 is 4.74 Å². The molecular formula is C11H15NO. The number of fused-ring (bicyclic) bond motifs is 1. The summed E-state index contributed by atoms with van der Waals surface area (Å²) in [5.41, 5.74) is 9.72. The van der Waals surface area contributed by atoms with Gasteiger partial charge < -0.3 is 10.5 Å². The third-order valence-electron chi connectivity index (χ3n) is 2.68. The molecule has 70 valence electrons. The average Bonchev–Trinajstić information content (AvgIpc) is 2.18. The maximum Gasteiger partial charge on any atom is 0.0949 e. The highest BCUT2D eigenvalue weighted by Gasteiger charge is 2.19. The number of benzene rings is 1. The minimum absolute atomic E-state index is 0.114. The Morgan fingerprint density at radius 1 is 1.54 bits per heavy atom. The van der Waals surface area contributed by atoms with Crippen molar-refractivity contribution in [2.45, 2.75) is 19.4 Å². The summed E-state index contributed by atoms with van der Waals surface area (Å²) in [6.45, 7) is 3.54. The van der Waals surface area contributed by atoms with Gasteiger partial charge in [-0.25, -0.2) is 0 Å². The van der Waals surface area contributed by atoms with Gasteiger partial charge in [0.2, 0.25) is 0 Å². The lowest BCUT2D eigenvalue weighted by Gasteiger charge is -2.26. The van der Waals surface area contributed by atoms with Crippen LogP contribution in [0, 0.1) is 6.92 Å². The van der Waals surface area contributed by atoms with Crippen LogP contribution in [-0.4, -0.2) is 13.2 Å². The minimum Gasteiger partial charge on any atom is -0.372 e. The van der Waals surface area contributed by atoms with E-state index in [0.717, 1.165) is 13.0 Å². The van der Waals surface area contributed by atoms with Gasteiger partial charge >= 0.3 is 0 Å². The Balaban J connectivity index is 2.45. The molecule has 13 heavy (non-hydrogen) atoms. The van der Waals surface area contributed by atoms with Gasteiger partial charge in [-0.3, -0.25) is 0 Å². The zero-order valence-electron chi connectivity index (χ0n) is 7.92. The van der Waals surface area contributed by atoms with Crippen LogP contribution in [-0.2, 0) is 11.2 Å². The number of aryl methyl sites for hydroxylation is 1. The van der Waals surface area contributed by atoms with Crippen LogP contribution in [0.2, 0.25) is 0 Å². The first-order chi connectivity index (χ1) is 6.33. The molecule has 2 heteroatoms. The molecule has 0 aliphatic carbocycles. The molecule has 1 atom stereocenters. The molecule has 1 aliphatic heterocycles. The largest absolute Gasteiger partial charge is 0.372 e. The minimum atomic E-state index is 0.114. The Bertz CT molecular complexity index is 309. The molecule has 0 saturated heterocycles. The Hall–Kier alpha value is -0.860. The molecule has 0 radical (unpaired) electrons. The molecule has 0 amide bonds. The van der Waals surface area contributed by atoms with E-state index in [0.29, 0.717) is 6.54 Å². The van der Waals surface area contributed by atoms with Crippen molar-refractivity contribution in [3.63, 3.8) is 0 Å². The highest BCUT2D eigenvalue weighted by molar-refractivity contribution is 5.37. The molecule has 1 heterocycles. The fourth-order valence-electron chi connectivity index (χ4n) is 1.96. The first-order valence-electron chi connectivity index (χ1n) is 4.73. The molecule has 1 aliphatic rings. The van der Waals surface area contributed by atoms with Crippen molar-refractivity contribution >= 4 is 0 Å². The Morgan fingerprint density at radius 2 is 2.38 bits per heavy atom. The standard InChI is InChI=1S/C11H15NO/c1-8-3-2-4-10-9(8)5-6-13-11(10)7-12/h2-4,11H,5-7,12H2,1H3. The van der Waals surface area contributed by atoms with Gasteiger partial charge in [-0.15, -0.1) is 0 Å². The fraction of sp³-hybridized carbons (Fsp3) is 0.455. The van der Waals surface area contributed by atoms with Crippen molar-refractivity contribution in [3.8, 4) is 0 Å². The summed E-state index contributed by atoms with van der Waals surface area (Å²) < 4.78 is 5.58. The lowest BCUT2D eigenvalue weighted by atomic mass is 9.94. The molecule has 2 rings (SSSR count). The van der Waals surface area contributed by atoms with E-state index in [9.17, 15) is 0 Å². The van der Waals surface area contributed by atoms with E-state index in [-0.39, 0.29) is 6.10 Å². The second-order valence-corrected chi connectivity index (χ2v) is 3.49. The first-order valence-corrected chi connectivity index (χ1v) is 4.73. The molecule has 0 bridgehead atoms. The van der Waals surface area contributed by atoms with Crippen molar-refractivity contribution in [2.24, 2.45) is 5.73 Å². The molecule has 0 aromatic heterocycles. The van der Waals surface area contributed by atoms with Gasteiger partial charge in [0.25, 0.3) is 0 Å². The van der Waals surface area contributed by atoms with Gasteiger partial charge in [0.1, 0.15) is 0 Å². The summed E-state index contributed by atoms with van der Waals surface area (Å²) in [5.74, 6) is 0. The van der Waals surface area contributed by atoms with Gasteiger partial charge in [-0.2, -0.15) is 0 Å². The predicted molar refractivity (Wildman–Crippen MR) is 52.6 cm³/mol. The Morgan fingerprint density at radius 3 is 3.15 bits per heavy atom. The fourth-order valence-corrected chi connectivity index (χ4v) is 1.96. The SMILES string of the molecule is Cc1cccc2c1CCOC2CN. The number of hydrogen-bond donors (Lipinski definition) is 1. The third kappa shape index (κ3) is 1.47. The second-order valence-electron chi connectivity index (χ2n) is 3.49. The highest BCUT2D eigenvalue weighted by atomic mass is 16.5. The van der Waals surface area contributed by atoms with Gasteiger partial charge in [0.15, 0.2) is 0 Å². The quantitative estimate of drug-likeness (QED) is 0.706. The van der Waals surface area contributed by atoms with Gasteiger partial charge in [-0.1, -0.05) is 18.2 Å². The topological polar surface area (TPSA) is 35.2 Å². The van der Waals surface area contributed by atoms with Crippen LogP contribution in [0.5, 0.6) is 0 Å². The molecule has 0 spiro atoms. The van der Waals surface area contributed by atoms with Crippen LogP contribution >= 0.6 is 0 Å². The third-order valence-corrected chi connectivity index (χ3v) is 2.68. The zero-order chi connectivity index (χ0) is 9.26. The van der Waals surface area contributed by atoms with Crippen LogP contribution in [0.15, 0.2) is 18.2 Å². The first kappa shape index (κ1) is 8.73. The highest BCUT2D eigenvalue weighted by Crippen LogP contribution is 2.27. The van der Waals surface area contributed by atoms with E-state index < -0.39 is 0 Å². The lowest BCUT2D eigenvalue weighted by molar-refractivity contribution is 0.0483. The molecule has 2 nitrogen and oxygen atoms in total. The van der Waals surface area contributed by atoms with E-state index in [1.807, 2.05) is 0 Å². The summed E-state index contributed by atoms with van der Waals surface area (Å²) in [7, 11) is 0. The lowest BCUT2D eigenvalue weighted by Crippen LogP contribution is -2.23. The molecule has 0 saturated carbocycles. The summed E-state index contributed by atoms with van der Waals surface area (Å²) in [4.78, 5) is 0. The number of hydrogen-bond acceptors (Lipinski definition) is 2. The molecular weight excluding hydrogens is 162 g/mol. The van der Waals surface area contributed by atoms with Gasteiger partial charge in [0.05, 0.1) is 12.7 Å². The van der Waals surface area contributed by atoms with E-state index in [1.54, 1.807) is 0 Å². The molecule has 1 aromatic carbocycles. The Labute approximate surface area is 78.7 Å². The number of ether oxygens (including phenoxy) is 1. The van der Waals surface area contributed by atoms with E-state index in [4.69, 9.17) is 10.5 Å². The molecule has 2 N–H and O–H groups in total. The predicted octanol–water partition coefficient (Wildman–Crippen LogP) is 1.57. The van der Waals surface area contributed by atoms with Gasteiger partial charge in [0, 0.05) is 6.54 Å². The summed E-state index contributed by atoms with van der Waals surface area (Å²) in [6, 6.07) is 6.35. The van der Waals surface area contributed by atoms with Crippen LogP contribution in [0.1, 0.15) is 22.8 Å². The van der Waals surface area contributed by atoms with Crippen molar-refractivity contribution in [3.05, 3.63) is 34.9 Å². The molecule has 1 unspecified atom stereocenters. The summed E-state index contributed by atoms with van der Waals surface area (Å²) in [5, 5.41) is 0. The average molecular weight is 177 g/mol. The van der Waals surface area contributed by atoms with Crippen LogP contribution in [0.3, 0.4) is 0 Å². The second kappa shape index (κ2) is 3.48. The zero-order valence-corrected chi connectivity index (χ0v) is 7.92. The van der Waals surface area contributed by atoms with Crippen molar-refractivity contribution in [1.29, 1.82) is 0 Å². The van der Waals surface area contributed by atoms with E-state index in [2.05, 4.69) is 25.1 Å². The molecule has 1 aromatic rings. The summed E-state index contributed by atoms with van der Waals surface area (Å²) >= 11 is 0. The van der Waals surface area contributed by atoms with E-state index >= 15 is 0 Å². The summed E-state index contributed by atoms with van der Waals surface area (Å²) in [6.07, 6.45) is 1.14. The van der Waals surface area contributed by atoms with Crippen molar-refractivity contribution in [1.82, 2.24) is 0 Å². The Kier molecular flexibility index (Phi) is 2.34. The van der Waals surface area contributed by atoms with Crippen LogP contribution < -0.4 is 5.73 Å². The van der Waals surface area contributed by atoms with Crippen molar-refractivity contribution in [2.75, 3.05) is 13.2 Å². The van der Waals surface area contributed by atoms with Gasteiger partial charge in [-0.05, 0) is 30.0 Å². The number of rotatable bonds is 1. The van der Waals surface area contributed by atoms with E-state index in [1.165, 1.54) is 16.7 Å². The van der Waals surface area contributed by atoms with Crippen LogP contribution in [0.25, 0.3) is 0 Å². The molecule has 0 fully saturated rings. The monoisotopic (exact) mass is 177 g/mol. The smallest absolute Gasteiger partial charge is 0.0949 e. The van der Waals surface area contributed by atoms with Crippen LogP contribution in [0.4, 0.5) is 0 Å².